The highest BCUT2D eigenvalue weighted by molar-refractivity contribution is 7.14. The molecule has 0 spiro atoms. The molecule has 0 fully saturated rings. The number of carbonyl (C=O) groups is 2. The Morgan fingerprint density at radius 2 is 2.19 bits per heavy atom. The van der Waals surface area contributed by atoms with Crippen LogP contribution in [0.25, 0.3) is 0 Å². The van der Waals surface area contributed by atoms with E-state index in [-0.39, 0.29) is 12.5 Å². The van der Waals surface area contributed by atoms with Gasteiger partial charge in [-0.25, -0.2) is 0 Å². The van der Waals surface area contributed by atoms with Gasteiger partial charge in [-0.2, -0.15) is 0 Å². The number of rotatable bonds is 5. The molecule has 4 nitrogen and oxygen atoms in total. The van der Waals surface area contributed by atoms with Crippen LogP contribution in [0.5, 0.6) is 0 Å². The van der Waals surface area contributed by atoms with E-state index in [9.17, 15) is 9.59 Å². The van der Waals surface area contributed by atoms with Crippen LogP contribution < -0.4 is 5.32 Å². The largest absolute Gasteiger partial charge is 0.480 e. The van der Waals surface area contributed by atoms with Crippen LogP contribution in [0, 0.1) is 6.92 Å². The number of carboxylic acid groups (broad SMARTS) is 1. The standard InChI is InChI=1S/C11H15NO3S/c1-3-4-8-5-9(16-7(8)2)11(15)12-6-10(13)14/h5H,3-4,6H2,1-2H3,(H,12,15)(H,13,14). The molecule has 0 bridgehead atoms. The van der Waals surface area contributed by atoms with Crippen LogP contribution >= 0.6 is 11.3 Å². The summed E-state index contributed by atoms with van der Waals surface area (Å²) in [5, 5.41) is 10.8. The van der Waals surface area contributed by atoms with E-state index in [1.54, 1.807) is 0 Å². The molecule has 88 valence electrons. The average molecular weight is 241 g/mol. The zero-order valence-corrected chi connectivity index (χ0v) is 10.2. The second-order valence-corrected chi connectivity index (χ2v) is 4.77. The van der Waals surface area contributed by atoms with Gasteiger partial charge in [0.2, 0.25) is 0 Å². The number of carbonyl (C=O) groups excluding carboxylic acids is 1. The van der Waals surface area contributed by atoms with Crippen LogP contribution in [0.3, 0.4) is 0 Å². The Morgan fingerprint density at radius 3 is 2.75 bits per heavy atom. The number of thiophene rings is 1. The minimum atomic E-state index is -1.03. The second-order valence-electron chi connectivity index (χ2n) is 3.52. The van der Waals surface area contributed by atoms with Gasteiger partial charge in [0.1, 0.15) is 6.54 Å². The Balaban J connectivity index is 2.69. The Labute approximate surface area is 98.3 Å². The highest BCUT2D eigenvalue weighted by Gasteiger charge is 2.12. The third-order valence-electron chi connectivity index (χ3n) is 2.16. The minimum Gasteiger partial charge on any atom is -0.480 e. The summed E-state index contributed by atoms with van der Waals surface area (Å²) < 4.78 is 0. The topological polar surface area (TPSA) is 66.4 Å². The summed E-state index contributed by atoms with van der Waals surface area (Å²) in [6.07, 6.45) is 1.99. The van der Waals surface area contributed by atoms with Crippen molar-refractivity contribution in [1.82, 2.24) is 5.32 Å². The maximum atomic E-state index is 11.6. The number of amides is 1. The lowest BCUT2D eigenvalue weighted by atomic mass is 10.1. The summed E-state index contributed by atoms with van der Waals surface area (Å²) in [5.41, 5.74) is 1.17. The normalized spacial score (nSPS) is 10.1. The van der Waals surface area contributed by atoms with E-state index in [1.807, 2.05) is 13.0 Å². The van der Waals surface area contributed by atoms with Crippen LogP contribution in [-0.2, 0) is 11.2 Å². The molecule has 0 aliphatic heterocycles. The number of carboxylic acids is 1. The molecule has 1 amide bonds. The van der Waals surface area contributed by atoms with E-state index in [4.69, 9.17) is 5.11 Å². The number of hydrogen-bond acceptors (Lipinski definition) is 3. The molecule has 16 heavy (non-hydrogen) atoms. The van der Waals surface area contributed by atoms with Gasteiger partial charge >= 0.3 is 5.97 Å². The summed E-state index contributed by atoms with van der Waals surface area (Å²) in [7, 11) is 0. The molecule has 0 saturated carbocycles. The maximum Gasteiger partial charge on any atom is 0.322 e. The van der Waals surface area contributed by atoms with Crippen LogP contribution in [0.4, 0.5) is 0 Å². The number of hydrogen-bond donors (Lipinski definition) is 2. The zero-order valence-electron chi connectivity index (χ0n) is 9.37. The number of aliphatic carboxylic acids is 1. The van der Waals surface area contributed by atoms with Gasteiger partial charge in [0.05, 0.1) is 4.88 Å². The van der Waals surface area contributed by atoms with Crippen molar-refractivity contribution in [3.63, 3.8) is 0 Å². The molecule has 0 aromatic carbocycles. The van der Waals surface area contributed by atoms with Crippen molar-refractivity contribution in [3.8, 4) is 0 Å². The lowest BCUT2D eigenvalue weighted by Crippen LogP contribution is -2.28. The molecule has 0 unspecified atom stereocenters. The minimum absolute atomic E-state index is 0.308. The van der Waals surface area contributed by atoms with Crippen LogP contribution in [0.15, 0.2) is 6.07 Å². The van der Waals surface area contributed by atoms with Gasteiger partial charge in [-0.15, -0.1) is 11.3 Å². The van der Waals surface area contributed by atoms with Crippen LogP contribution in [-0.4, -0.2) is 23.5 Å². The van der Waals surface area contributed by atoms with Crippen LogP contribution in [0.1, 0.15) is 33.5 Å². The monoisotopic (exact) mass is 241 g/mol. The van der Waals surface area contributed by atoms with E-state index < -0.39 is 5.97 Å². The molecule has 0 aliphatic rings. The Kier molecular flexibility index (Phi) is 4.49. The Morgan fingerprint density at radius 1 is 1.50 bits per heavy atom. The first-order valence-corrected chi connectivity index (χ1v) is 5.95. The first kappa shape index (κ1) is 12.7. The zero-order chi connectivity index (χ0) is 12.1. The molecule has 1 aromatic heterocycles. The fourth-order valence-electron chi connectivity index (χ4n) is 1.39. The molecule has 0 atom stereocenters. The van der Waals surface area contributed by atoms with Gasteiger partial charge < -0.3 is 10.4 Å². The molecule has 1 heterocycles. The molecule has 0 aliphatic carbocycles. The van der Waals surface area contributed by atoms with Crippen molar-refractivity contribution < 1.29 is 14.7 Å². The van der Waals surface area contributed by atoms with Crippen molar-refractivity contribution >= 4 is 23.2 Å². The lowest BCUT2D eigenvalue weighted by molar-refractivity contribution is -0.135. The van der Waals surface area contributed by atoms with Gasteiger partial charge in [0, 0.05) is 4.88 Å². The first-order valence-electron chi connectivity index (χ1n) is 5.14. The van der Waals surface area contributed by atoms with Crippen LogP contribution in [0.2, 0.25) is 0 Å². The predicted molar refractivity (Wildman–Crippen MR) is 63.0 cm³/mol. The molecule has 2 N–H and O–H groups in total. The molecule has 0 saturated heterocycles. The summed E-state index contributed by atoms with van der Waals surface area (Å²) in [4.78, 5) is 23.6. The average Bonchev–Trinajstić information content (AvgIpc) is 2.57. The molecule has 5 heteroatoms. The molecule has 1 aromatic rings. The Hall–Kier alpha value is -1.36. The van der Waals surface area contributed by atoms with Crippen molar-refractivity contribution in [1.29, 1.82) is 0 Å². The van der Waals surface area contributed by atoms with E-state index >= 15 is 0 Å². The van der Waals surface area contributed by atoms with Gasteiger partial charge in [-0.05, 0) is 25.0 Å². The summed E-state index contributed by atoms with van der Waals surface area (Å²) in [5.74, 6) is -1.34. The fraction of sp³-hybridized carbons (Fsp3) is 0.455. The third kappa shape index (κ3) is 3.34. The van der Waals surface area contributed by atoms with E-state index in [0.717, 1.165) is 17.7 Å². The lowest BCUT2D eigenvalue weighted by Gasteiger charge is -1.97. The van der Waals surface area contributed by atoms with Crippen molar-refractivity contribution in [2.24, 2.45) is 0 Å². The van der Waals surface area contributed by atoms with Gasteiger partial charge in [0.25, 0.3) is 5.91 Å². The smallest absolute Gasteiger partial charge is 0.322 e. The second kappa shape index (κ2) is 5.65. The predicted octanol–water partition coefficient (Wildman–Crippen LogP) is 1.82. The SMILES string of the molecule is CCCc1cc(C(=O)NCC(=O)O)sc1C. The number of aryl methyl sites for hydroxylation is 2. The highest BCUT2D eigenvalue weighted by atomic mass is 32.1. The van der Waals surface area contributed by atoms with E-state index in [1.165, 1.54) is 16.9 Å². The summed E-state index contributed by atoms with van der Waals surface area (Å²) in [6, 6.07) is 1.85. The molecular weight excluding hydrogens is 226 g/mol. The molecular formula is C11H15NO3S. The molecule has 0 radical (unpaired) electrons. The Bertz CT molecular complexity index is 398. The quantitative estimate of drug-likeness (QED) is 0.826. The van der Waals surface area contributed by atoms with Crippen molar-refractivity contribution in [3.05, 3.63) is 21.4 Å². The summed E-state index contributed by atoms with van der Waals surface area (Å²) >= 11 is 1.41. The number of nitrogens with one attached hydrogen (secondary N) is 1. The summed E-state index contributed by atoms with van der Waals surface area (Å²) in [6.45, 7) is 3.73. The van der Waals surface area contributed by atoms with Crippen molar-refractivity contribution in [2.45, 2.75) is 26.7 Å². The van der Waals surface area contributed by atoms with E-state index in [2.05, 4.69) is 12.2 Å². The van der Waals surface area contributed by atoms with Gasteiger partial charge in [-0.3, -0.25) is 9.59 Å². The first-order chi connectivity index (χ1) is 7.54. The fourth-order valence-corrected chi connectivity index (χ4v) is 2.38. The van der Waals surface area contributed by atoms with E-state index in [0.29, 0.717) is 4.88 Å². The van der Waals surface area contributed by atoms with Gasteiger partial charge in [0.15, 0.2) is 0 Å². The third-order valence-corrected chi connectivity index (χ3v) is 3.26. The maximum absolute atomic E-state index is 11.6. The highest BCUT2D eigenvalue weighted by Crippen LogP contribution is 2.22. The van der Waals surface area contributed by atoms with Crippen molar-refractivity contribution in [2.75, 3.05) is 6.54 Å². The van der Waals surface area contributed by atoms with Gasteiger partial charge in [-0.1, -0.05) is 13.3 Å². The molecule has 1 rings (SSSR count).